The Balaban J connectivity index is 2.46. The monoisotopic (exact) mass is 175 g/mol. The predicted octanol–water partition coefficient (Wildman–Crippen LogP) is 2.89. The van der Waals surface area contributed by atoms with Crippen molar-refractivity contribution in [2.75, 3.05) is 0 Å². The highest BCUT2D eigenvalue weighted by atomic mass is 14.7. The molecule has 0 aliphatic heterocycles. The summed E-state index contributed by atoms with van der Waals surface area (Å²) in [6.45, 7) is 4.37. The Morgan fingerprint density at radius 2 is 2.15 bits per heavy atom. The second kappa shape index (κ2) is 3.15. The molecule has 2 atom stereocenters. The van der Waals surface area contributed by atoms with Crippen LogP contribution < -0.4 is 5.73 Å². The number of benzene rings is 1. The molecule has 2 unspecified atom stereocenters. The molecule has 70 valence electrons. The van der Waals surface area contributed by atoms with Gasteiger partial charge in [-0.05, 0) is 36.8 Å². The Bertz CT molecular complexity index is 317. The summed E-state index contributed by atoms with van der Waals surface area (Å²) < 4.78 is 0. The average molecular weight is 175 g/mol. The first-order chi connectivity index (χ1) is 6.22. The van der Waals surface area contributed by atoms with E-state index in [-0.39, 0.29) is 6.04 Å². The topological polar surface area (TPSA) is 26.0 Å². The zero-order chi connectivity index (χ0) is 9.42. The zero-order valence-electron chi connectivity index (χ0n) is 8.38. The lowest BCUT2D eigenvalue weighted by molar-refractivity contribution is 0.589. The second-order valence-electron chi connectivity index (χ2n) is 4.08. The summed E-state index contributed by atoms with van der Waals surface area (Å²) in [6, 6.07) is 6.97. The maximum absolute atomic E-state index is 6.08. The molecule has 0 fully saturated rings. The third-order valence-electron chi connectivity index (χ3n) is 3.11. The summed E-state index contributed by atoms with van der Waals surface area (Å²) >= 11 is 0. The van der Waals surface area contributed by atoms with Crippen LogP contribution in [0.3, 0.4) is 0 Å². The van der Waals surface area contributed by atoms with Crippen molar-refractivity contribution in [3.8, 4) is 0 Å². The quantitative estimate of drug-likeness (QED) is 0.697. The van der Waals surface area contributed by atoms with Gasteiger partial charge in [0.25, 0.3) is 0 Å². The minimum absolute atomic E-state index is 0.278. The zero-order valence-corrected chi connectivity index (χ0v) is 8.38. The first-order valence-electron chi connectivity index (χ1n) is 5.08. The Morgan fingerprint density at radius 1 is 1.38 bits per heavy atom. The molecule has 0 radical (unpaired) electrons. The molecule has 0 saturated heterocycles. The molecule has 0 bridgehead atoms. The lowest BCUT2D eigenvalue weighted by Gasteiger charge is -2.07. The van der Waals surface area contributed by atoms with Crippen LogP contribution in [-0.4, -0.2) is 0 Å². The molecule has 1 aliphatic rings. The van der Waals surface area contributed by atoms with Gasteiger partial charge in [0.15, 0.2) is 0 Å². The fraction of sp³-hybridized carbons (Fsp3) is 0.500. The molecule has 0 spiro atoms. The van der Waals surface area contributed by atoms with E-state index in [0.717, 1.165) is 6.42 Å². The fourth-order valence-electron chi connectivity index (χ4n) is 2.33. The average Bonchev–Trinajstić information content (AvgIpc) is 2.43. The van der Waals surface area contributed by atoms with Gasteiger partial charge in [0, 0.05) is 6.04 Å². The van der Waals surface area contributed by atoms with E-state index in [1.54, 1.807) is 0 Å². The van der Waals surface area contributed by atoms with Gasteiger partial charge in [-0.1, -0.05) is 30.7 Å². The highest BCUT2D eigenvalue weighted by Gasteiger charge is 2.26. The SMILES string of the molecule is CCC1CC(N)c2cc(C)ccc21. The molecule has 0 heterocycles. The largest absolute Gasteiger partial charge is 0.324 e. The van der Waals surface area contributed by atoms with E-state index in [4.69, 9.17) is 5.73 Å². The van der Waals surface area contributed by atoms with Crippen molar-refractivity contribution in [3.63, 3.8) is 0 Å². The molecule has 0 aromatic heterocycles. The van der Waals surface area contributed by atoms with Crippen LogP contribution in [0.15, 0.2) is 18.2 Å². The molecule has 0 amide bonds. The Kier molecular flexibility index (Phi) is 2.12. The molecule has 1 nitrogen and oxygen atoms in total. The Morgan fingerprint density at radius 3 is 2.85 bits per heavy atom. The van der Waals surface area contributed by atoms with Crippen molar-refractivity contribution < 1.29 is 0 Å². The van der Waals surface area contributed by atoms with Crippen molar-refractivity contribution >= 4 is 0 Å². The van der Waals surface area contributed by atoms with E-state index in [1.807, 2.05) is 0 Å². The standard InChI is InChI=1S/C12H17N/c1-3-9-7-12(13)11-6-8(2)4-5-10(9)11/h4-6,9,12H,3,7,13H2,1-2H3. The number of nitrogens with two attached hydrogens (primary N) is 1. The van der Waals surface area contributed by atoms with Gasteiger partial charge in [0.1, 0.15) is 0 Å². The van der Waals surface area contributed by atoms with Crippen molar-refractivity contribution in [1.82, 2.24) is 0 Å². The highest BCUT2D eigenvalue weighted by molar-refractivity contribution is 5.40. The van der Waals surface area contributed by atoms with E-state index >= 15 is 0 Å². The summed E-state index contributed by atoms with van der Waals surface area (Å²) in [4.78, 5) is 0. The molecule has 0 saturated carbocycles. The van der Waals surface area contributed by atoms with Gasteiger partial charge in [-0.15, -0.1) is 0 Å². The van der Waals surface area contributed by atoms with E-state index in [2.05, 4.69) is 32.0 Å². The van der Waals surface area contributed by atoms with Crippen LogP contribution in [0.4, 0.5) is 0 Å². The van der Waals surface area contributed by atoms with Gasteiger partial charge in [0.2, 0.25) is 0 Å². The number of aryl methyl sites for hydroxylation is 1. The Hall–Kier alpha value is -0.820. The highest BCUT2D eigenvalue weighted by Crippen LogP contribution is 2.40. The molecule has 1 aromatic carbocycles. The van der Waals surface area contributed by atoms with E-state index in [1.165, 1.54) is 23.1 Å². The number of fused-ring (bicyclic) bond motifs is 1. The molecule has 2 N–H and O–H groups in total. The number of hydrogen-bond acceptors (Lipinski definition) is 1. The lowest BCUT2D eigenvalue weighted by atomic mass is 9.98. The first-order valence-corrected chi connectivity index (χ1v) is 5.08. The maximum atomic E-state index is 6.08. The number of rotatable bonds is 1. The minimum atomic E-state index is 0.278. The minimum Gasteiger partial charge on any atom is -0.324 e. The fourth-order valence-corrected chi connectivity index (χ4v) is 2.33. The van der Waals surface area contributed by atoms with Crippen molar-refractivity contribution in [3.05, 3.63) is 34.9 Å². The normalized spacial score (nSPS) is 26.1. The Labute approximate surface area is 80.0 Å². The summed E-state index contributed by atoms with van der Waals surface area (Å²) in [5.41, 5.74) is 10.3. The summed E-state index contributed by atoms with van der Waals surface area (Å²) in [5, 5.41) is 0. The van der Waals surface area contributed by atoms with Crippen LogP contribution >= 0.6 is 0 Å². The molecule has 1 heteroatoms. The first kappa shape index (κ1) is 8.76. The summed E-state index contributed by atoms with van der Waals surface area (Å²) in [7, 11) is 0. The number of hydrogen-bond donors (Lipinski definition) is 1. The smallest absolute Gasteiger partial charge is 0.0303 e. The molecular formula is C12H17N. The van der Waals surface area contributed by atoms with Crippen LogP contribution in [0.1, 0.15) is 48.4 Å². The lowest BCUT2D eigenvalue weighted by Crippen LogP contribution is -2.05. The van der Waals surface area contributed by atoms with Crippen molar-refractivity contribution in [1.29, 1.82) is 0 Å². The molecule has 2 rings (SSSR count). The van der Waals surface area contributed by atoms with Gasteiger partial charge in [0.05, 0.1) is 0 Å². The molecule has 13 heavy (non-hydrogen) atoms. The van der Waals surface area contributed by atoms with Gasteiger partial charge >= 0.3 is 0 Å². The third kappa shape index (κ3) is 1.37. The van der Waals surface area contributed by atoms with E-state index in [0.29, 0.717) is 5.92 Å². The van der Waals surface area contributed by atoms with Crippen LogP contribution in [0.2, 0.25) is 0 Å². The van der Waals surface area contributed by atoms with Crippen LogP contribution in [-0.2, 0) is 0 Å². The van der Waals surface area contributed by atoms with Gasteiger partial charge in [-0.2, -0.15) is 0 Å². The van der Waals surface area contributed by atoms with Crippen LogP contribution in [0, 0.1) is 6.92 Å². The van der Waals surface area contributed by atoms with Gasteiger partial charge in [-0.25, -0.2) is 0 Å². The second-order valence-corrected chi connectivity index (χ2v) is 4.08. The van der Waals surface area contributed by atoms with E-state index < -0.39 is 0 Å². The van der Waals surface area contributed by atoms with Crippen LogP contribution in [0.5, 0.6) is 0 Å². The summed E-state index contributed by atoms with van der Waals surface area (Å²) in [5.74, 6) is 0.700. The van der Waals surface area contributed by atoms with Crippen molar-refractivity contribution in [2.45, 2.75) is 38.6 Å². The molecule has 1 aliphatic carbocycles. The van der Waals surface area contributed by atoms with E-state index in [9.17, 15) is 0 Å². The van der Waals surface area contributed by atoms with Gasteiger partial charge in [-0.3, -0.25) is 0 Å². The van der Waals surface area contributed by atoms with Crippen LogP contribution in [0.25, 0.3) is 0 Å². The summed E-state index contributed by atoms with van der Waals surface area (Å²) in [6.07, 6.45) is 2.35. The molecular weight excluding hydrogens is 158 g/mol. The predicted molar refractivity (Wildman–Crippen MR) is 55.8 cm³/mol. The van der Waals surface area contributed by atoms with Gasteiger partial charge < -0.3 is 5.73 Å². The molecule has 1 aromatic rings. The van der Waals surface area contributed by atoms with Crippen molar-refractivity contribution in [2.24, 2.45) is 5.73 Å². The maximum Gasteiger partial charge on any atom is 0.0303 e. The third-order valence-corrected chi connectivity index (χ3v) is 3.11.